The molecule has 7 nitrogen and oxygen atoms in total. The topological polar surface area (TPSA) is 77.1 Å². The Balaban J connectivity index is 1.94. The van der Waals surface area contributed by atoms with Crippen molar-refractivity contribution in [3.8, 4) is 11.5 Å². The van der Waals surface area contributed by atoms with Gasteiger partial charge in [-0.15, -0.1) is 0 Å². The van der Waals surface area contributed by atoms with Gasteiger partial charge in [0.25, 0.3) is 0 Å². The largest absolute Gasteiger partial charge is 0.486 e. The van der Waals surface area contributed by atoms with Crippen LogP contribution in [0.4, 0.5) is 5.69 Å². The predicted octanol–water partition coefficient (Wildman–Crippen LogP) is 0.891. The number of fused-ring (bicyclic) bond motifs is 1. The first kappa shape index (κ1) is 16.1. The minimum absolute atomic E-state index is 0.0207. The Labute approximate surface area is 129 Å². The lowest BCUT2D eigenvalue weighted by Crippen LogP contribution is -2.38. The maximum absolute atomic E-state index is 12.0. The van der Waals surface area contributed by atoms with E-state index in [-0.39, 0.29) is 18.4 Å². The first-order valence-corrected chi connectivity index (χ1v) is 7.04. The molecule has 7 heteroatoms. The second-order valence-electron chi connectivity index (χ2n) is 4.84. The Morgan fingerprint density at radius 1 is 1.27 bits per heavy atom. The minimum Gasteiger partial charge on any atom is -0.486 e. The third-order valence-electron chi connectivity index (χ3n) is 3.17. The maximum Gasteiger partial charge on any atom is 0.243 e. The number of hydrogen-bond donors (Lipinski definition) is 1. The number of carbonyl (C=O) groups excluding carboxylic acids is 2. The van der Waals surface area contributed by atoms with Gasteiger partial charge in [-0.3, -0.25) is 9.59 Å². The van der Waals surface area contributed by atoms with Crippen LogP contribution in [0.15, 0.2) is 18.2 Å². The fourth-order valence-corrected chi connectivity index (χ4v) is 2.04. The molecule has 2 rings (SSSR count). The summed E-state index contributed by atoms with van der Waals surface area (Å²) >= 11 is 0. The fourth-order valence-electron chi connectivity index (χ4n) is 2.04. The van der Waals surface area contributed by atoms with Crippen LogP contribution in [0.5, 0.6) is 11.5 Å². The molecule has 22 heavy (non-hydrogen) atoms. The Kier molecular flexibility index (Phi) is 5.60. The number of ether oxygens (including phenoxy) is 3. The summed E-state index contributed by atoms with van der Waals surface area (Å²) in [5.74, 6) is 0.818. The number of anilines is 1. The van der Waals surface area contributed by atoms with E-state index in [1.807, 2.05) is 0 Å². The minimum atomic E-state index is -0.275. The number of nitrogens with one attached hydrogen (secondary N) is 1. The van der Waals surface area contributed by atoms with E-state index in [2.05, 4.69) is 5.32 Å². The van der Waals surface area contributed by atoms with Gasteiger partial charge >= 0.3 is 0 Å². The molecule has 1 aliphatic rings. The zero-order valence-corrected chi connectivity index (χ0v) is 12.8. The number of rotatable bonds is 6. The van der Waals surface area contributed by atoms with Crippen LogP contribution in [0, 0.1) is 0 Å². The highest BCUT2D eigenvalue weighted by atomic mass is 16.6. The van der Waals surface area contributed by atoms with Crippen LogP contribution < -0.4 is 14.8 Å². The molecule has 0 bridgehead atoms. The first-order chi connectivity index (χ1) is 10.6. The monoisotopic (exact) mass is 308 g/mol. The van der Waals surface area contributed by atoms with E-state index < -0.39 is 0 Å². The van der Waals surface area contributed by atoms with Gasteiger partial charge in [0.05, 0.1) is 13.2 Å². The molecule has 1 N–H and O–H groups in total. The molecule has 0 spiro atoms. The van der Waals surface area contributed by atoms with E-state index in [1.165, 1.54) is 11.8 Å². The van der Waals surface area contributed by atoms with Crippen LogP contribution in [-0.4, -0.2) is 56.7 Å². The van der Waals surface area contributed by atoms with Gasteiger partial charge in [0.1, 0.15) is 13.2 Å². The summed E-state index contributed by atoms with van der Waals surface area (Å²) in [5, 5.41) is 2.74. The molecule has 1 aromatic rings. The van der Waals surface area contributed by atoms with Crippen molar-refractivity contribution in [2.75, 3.05) is 45.3 Å². The lowest BCUT2D eigenvalue weighted by molar-refractivity contribution is -0.133. The van der Waals surface area contributed by atoms with Crippen molar-refractivity contribution < 1.29 is 23.8 Å². The van der Waals surface area contributed by atoms with E-state index in [9.17, 15) is 9.59 Å². The lowest BCUT2D eigenvalue weighted by Gasteiger charge is -2.21. The van der Waals surface area contributed by atoms with Gasteiger partial charge in [0, 0.05) is 32.3 Å². The highest BCUT2D eigenvalue weighted by Crippen LogP contribution is 2.32. The molecule has 0 unspecified atom stereocenters. The quantitative estimate of drug-likeness (QED) is 0.844. The van der Waals surface area contributed by atoms with Crippen LogP contribution in [0.1, 0.15) is 6.92 Å². The SMILES string of the molecule is COCCN(CC(=O)Nc1ccc2c(c1)OCCO2)C(C)=O. The summed E-state index contributed by atoms with van der Waals surface area (Å²) < 4.78 is 15.8. The van der Waals surface area contributed by atoms with Crippen molar-refractivity contribution in [1.29, 1.82) is 0 Å². The zero-order chi connectivity index (χ0) is 15.9. The standard InChI is InChI=1S/C15H20N2O5/c1-11(18)17(5-6-20-2)10-15(19)16-12-3-4-13-14(9-12)22-8-7-21-13/h3-4,9H,5-8,10H2,1-2H3,(H,16,19). The van der Waals surface area contributed by atoms with Gasteiger partial charge in [-0.1, -0.05) is 0 Å². The van der Waals surface area contributed by atoms with Crippen molar-refractivity contribution in [1.82, 2.24) is 4.90 Å². The fraction of sp³-hybridized carbons (Fsp3) is 0.467. The predicted molar refractivity (Wildman–Crippen MR) is 80.2 cm³/mol. The van der Waals surface area contributed by atoms with Gasteiger partial charge in [-0.05, 0) is 12.1 Å². The second kappa shape index (κ2) is 7.65. The smallest absolute Gasteiger partial charge is 0.243 e. The Morgan fingerprint density at radius 2 is 2.00 bits per heavy atom. The number of hydrogen-bond acceptors (Lipinski definition) is 5. The third-order valence-corrected chi connectivity index (χ3v) is 3.17. The summed E-state index contributed by atoms with van der Waals surface area (Å²) in [7, 11) is 1.55. The molecule has 1 aromatic carbocycles. The molecule has 0 saturated heterocycles. The molecule has 1 aliphatic heterocycles. The highest BCUT2D eigenvalue weighted by Gasteiger charge is 2.15. The van der Waals surface area contributed by atoms with E-state index >= 15 is 0 Å². The van der Waals surface area contributed by atoms with Gasteiger partial charge in [-0.2, -0.15) is 0 Å². The second-order valence-corrected chi connectivity index (χ2v) is 4.84. The van der Waals surface area contributed by atoms with Crippen LogP contribution in [0.25, 0.3) is 0 Å². The van der Waals surface area contributed by atoms with Crippen molar-refractivity contribution >= 4 is 17.5 Å². The third kappa shape index (κ3) is 4.36. The number of benzene rings is 1. The van der Waals surface area contributed by atoms with Crippen molar-refractivity contribution in [3.05, 3.63) is 18.2 Å². The normalized spacial score (nSPS) is 12.6. The highest BCUT2D eigenvalue weighted by molar-refractivity contribution is 5.94. The van der Waals surface area contributed by atoms with E-state index in [1.54, 1.807) is 25.3 Å². The average molecular weight is 308 g/mol. The van der Waals surface area contributed by atoms with Gasteiger partial charge in [0.15, 0.2) is 11.5 Å². The molecule has 120 valence electrons. The van der Waals surface area contributed by atoms with E-state index in [0.29, 0.717) is 43.6 Å². The molecule has 0 atom stereocenters. The number of amides is 2. The molecular formula is C15H20N2O5. The molecule has 0 aliphatic carbocycles. The Morgan fingerprint density at radius 3 is 2.68 bits per heavy atom. The summed E-state index contributed by atoms with van der Waals surface area (Å²) in [6.45, 7) is 3.17. The number of methoxy groups -OCH3 is 1. The average Bonchev–Trinajstić information content (AvgIpc) is 2.51. The Bertz CT molecular complexity index is 547. The molecule has 0 saturated carbocycles. The van der Waals surface area contributed by atoms with Crippen LogP contribution in [-0.2, 0) is 14.3 Å². The van der Waals surface area contributed by atoms with Gasteiger partial charge in [-0.25, -0.2) is 0 Å². The molecule has 0 aromatic heterocycles. The zero-order valence-electron chi connectivity index (χ0n) is 12.8. The summed E-state index contributed by atoms with van der Waals surface area (Å²) in [6, 6.07) is 5.19. The Hall–Kier alpha value is -2.28. The van der Waals surface area contributed by atoms with Gasteiger partial charge < -0.3 is 24.4 Å². The molecule has 1 heterocycles. The van der Waals surface area contributed by atoms with E-state index in [0.717, 1.165) is 0 Å². The van der Waals surface area contributed by atoms with Crippen LogP contribution >= 0.6 is 0 Å². The maximum atomic E-state index is 12.0. The number of carbonyl (C=O) groups is 2. The lowest BCUT2D eigenvalue weighted by atomic mass is 10.2. The molecule has 0 radical (unpaired) electrons. The molecule has 2 amide bonds. The molecule has 0 fully saturated rings. The molecular weight excluding hydrogens is 288 g/mol. The first-order valence-electron chi connectivity index (χ1n) is 7.04. The van der Waals surface area contributed by atoms with Crippen molar-refractivity contribution in [3.63, 3.8) is 0 Å². The van der Waals surface area contributed by atoms with Crippen molar-refractivity contribution in [2.24, 2.45) is 0 Å². The summed E-state index contributed by atoms with van der Waals surface area (Å²) in [6.07, 6.45) is 0. The van der Waals surface area contributed by atoms with E-state index in [4.69, 9.17) is 14.2 Å². The van der Waals surface area contributed by atoms with Gasteiger partial charge in [0.2, 0.25) is 11.8 Å². The number of nitrogens with zero attached hydrogens (tertiary/aromatic N) is 1. The van der Waals surface area contributed by atoms with Crippen LogP contribution in [0.2, 0.25) is 0 Å². The summed E-state index contributed by atoms with van der Waals surface area (Å²) in [5.41, 5.74) is 0.601. The summed E-state index contributed by atoms with van der Waals surface area (Å²) in [4.78, 5) is 25.0. The van der Waals surface area contributed by atoms with Crippen LogP contribution in [0.3, 0.4) is 0 Å². The van der Waals surface area contributed by atoms with Crippen molar-refractivity contribution in [2.45, 2.75) is 6.92 Å².